The van der Waals surface area contributed by atoms with E-state index in [4.69, 9.17) is 9.93 Å². The maximum atomic E-state index is 7.00. The van der Waals surface area contributed by atoms with Crippen LogP contribution in [0, 0.1) is 9.93 Å². The van der Waals surface area contributed by atoms with Gasteiger partial charge < -0.3 is 5.48 Å². The first kappa shape index (κ1) is 74.4. The van der Waals surface area contributed by atoms with Crippen LogP contribution in [0.5, 0.6) is 0 Å². The molecule has 2 N–H and O–H groups in total. The molecule has 0 spiro atoms. The molecule has 30 valence electrons. The fraction of sp³-hybridized carbons (Fsp3) is 1.00. The summed E-state index contributed by atoms with van der Waals surface area (Å²) >= 11 is 0. The molecule has 0 amide bonds. The molecule has 3 heteroatoms. The summed E-state index contributed by atoms with van der Waals surface area (Å²) in [5.41, 5.74) is 0. The van der Waals surface area contributed by atoms with Gasteiger partial charge in [0.15, 0.2) is 0 Å². The van der Waals surface area contributed by atoms with Crippen molar-refractivity contribution in [2.75, 3.05) is 0 Å². The fourth-order valence-corrected chi connectivity index (χ4v) is 0. The maximum Gasteiger partial charge on any atom is 0 e. The van der Waals surface area contributed by atoms with Crippen molar-refractivity contribution < 1.29 is 6.90 Å². The average molecular weight is 68.1 g/mol. The van der Waals surface area contributed by atoms with Gasteiger partial charge in [-0.1, -0.05) is 7.43 Å². The van der Waals surface area contributed by atoms with E-state index in [9.17, 15) is 0 Å². The lowest BCUT2D eigenvalue weighted by Crippen LogP contribution is -0.674. The van der Waals surface area contributed by atoms with E-state index in [1.165, 1.54) is 0 Å². The van der Waals surface area contributed by atoms with Crippen LogP contribution < -0.4 is 0 Å². The van der Waals surface area contributed by atoms with E-state index in [0.717, 1.165) is 0 Å². The van der Waals surface area contributed by atoms with Gasteiger partial charge in [0.1, 0.15) is 0 Å². The van der Waals surface area contributed by atoms with E-state index < -0.39 is 0 Å². The third-order valence-electron chi connectivity index (χ3n) is 0. The molecule has 0 aliphatic rings. The molecule has 0 atom stereocenters. The van der Waals surface area contributed by atoms with Gasteiger partial charge in [0.05, 0.1) is 0 Å². The molecule has 0 aromatic heterocycles. The van der Waals surface area contributed by atoms with Crippen molar-refractivity contribution in [2.45, 2.75) is 7.43 Å². The lowest BCUT2D eigenvalue weighted by molar-refractivity contribution is 0.824. The summed E-state index contributed by atoms with van der Waals surface area (Å²) in [6, 6.07) is 0. The molecule has 0 bridgehead atoms. The van der Waals surface area contributed by atoms with E-state index in [-0.39, 0.29) is 14.3 Å². The monoisotopic (exact) mass is 68.0 g/mol. The van der Waals surface area contributed by atoms with Crippen molar-refractivity contribution in [3.8, 4) is 0 Å². The van der Waals surface area contributed by atoms with Crippen molar-refractivity contribution in [1.29, 1.82) is 0 Å². The molecule has 0 unspecified atom stereocenters. The van der Waals surface area contributed by atoms with Gasteiger partial charge in [-0.05, 0) is 0 Å². The second-order valence-corrected chi connectivity index (χ2v) is 0. The van der Waals surface area contributed by atoms with Gasteiger partial charge in [-0.2, -0.15) is 0 Å². The Morgan fingerprint density at radius 1 is 1.25 bits per heavy atom. The predicted molar refractivity (Wildman–Crippen MR) is 19.2 cm³/mol. The van der Waals surface area contributed by atoms with E-state index in [1.54, 1.807) is 0 Å². The highest BCUT2D eigenvalue weighted by molar-refractivity contribution is 4.07. The van der Waals surface area contributed by atoms with Gasteiger partial charge in [0.2, 0.25) is 0 Å². The van der Waals surface area contributed by atoms with Crippen LogP contribution in [0.15, 0.2) is 0 Å². The van der Waals surface area contributed by atoms with Crippen molar-refractivity contribution in [3.05, 3.63) is 9.93 Å². The van der Waals surface area contributed by atoms with Crippen LogP contribution in [0.1, 0.15) is 8.85 Å². The molecule has 3 nitrogen and oxygen atoms in total. The minimum absolute atomic E-state index is 0. The van der Waals surface area contributed by atoms with Crippen LogP contribution in [-0.2, 0) is 0 Å². The number of hydrogen-bond acceptors (Lipinski definition) is 2. The van der Waals surface area contributed by atoms with Crippen molar-refractivity contribution in [1.82, 2.24) is 0 Å². The molecule has 0 fully saturated rings. The molecule has 0 saturated carbocycles. The lowest BCUT2D eigenvalue weighted by atomic mass is 12.0. The van der Waals surface area contributed by atoms with Crippen LogP contribution in [-0.4, -0.2) is 5.48 Å². The molecular weight excluding hydrogens is 60.0 g/mol. The minimum Gasteiger partial charge on any atom is -0.412 e. The van der Waals surface area contributed by atoms with Crippen molar-refractivity contribution in [3.63, 3.8) is 0 Å². The van der Waals surface area contributed by atoms with E-state index >= 15 is 0 Å². The molecule has 0 aliphatic carbocycles. The van der Waals surface area contributed by atoms with Crippen LogP contribution in [0.3, 0.4) is 0 Å². The second kappa shape index (κ2) is 32.2. The molecule has 0 rings (SSSR count). The Morgan fingerprint density at radius 2 is 1.25 bits per heavy atom. The third-order valence-corrected chi connectivity index (χ3v) is 0. The summed E-state index contributed by atoms with van der Waals surface area (Å²) in [5, 5.41) is 0. The van der Waals surface area contributed by atoms with Crippen molar-refractivity contribution >= 4 is 0 Å². The van der Waals surface area contributed by atoms with Gasteiger partial charge in [0, 0.05) is 11.4 Å². The smallest absolute Gasteiger partial charge is 0 e. The number of rotatable bonds is 0. The van der Waals surface area contributed by atoms with Gasteiger partial charge in [0.25, 0.3) is 0 Å². The second-order valence-electron chi connectivity index (χ2n) is 0. The summed E-state index contributed by atoms with van der Waals surface area (Å²) in [7, 11) is 0. The Labute approximate surface area is 25.6 Å². The number of hydrogen-bond donors (Lipinski definition) is 0. The molecule has 0 aliphatic heterocycles. The maximum absolute atomic E-state index is 7.00. The Morgan fingerprint density at radius 3 is 1.25 bits per heavy atom. The molecule has 0 saturated heterocycles. The first-order valence-corrected chi connectivity index (χ1v) is 0.167. The zero-order chi connectivity index (χ0) is 2.00. The molecule has 0 aromatic rings. The topological polar surface area (TPSA) is 65.6 Å². The van der Waals surface area contributed by atoms with E-state index in [0.29, 0.717) is 0 Å². The standard InChI is InChI=1S/CH4.O2.H2O.H2/c;1-2;;/h1H4;;1H2;1H. The summed E-state index contributed by atoms with van der Waals surface area (Å²) < 4.78 is 0. The fourth-order valence-electron chi connectivity index (χ4n) is 0. The largest absolute Gasteiger partial charge is 0.412 e. The average Bonchev–Trinajstić information content (AvgIpc) is 1.00. The van der Waals surface area contributed by atoms with Crippen LogP contribution in [0.25, 0.3) is 0 Å². The summed E-state index contributed by atoms with van der Waals surface area (Å²) in [6.45, 7) is 0. The van der Waals surface area contributed by atoms with Gasteiger partial charge in [-0.25, -0.2) is 0 Å². The SMILES string of the molecule is C.O.O=O.[HH]. The minimum atomic E-state index is 0. The molecule has 0 aromatic carbocycles. The zero-order valence-corrected chi connectivity index (χ0v) is 1.32. The third kappa shape index (κ3) is 2.53. The van der Waals surface area contributed by atoms with Gasteiger partial charge in [-0.15, -0.1) is 0 Å². The normalized spacial score (nSPS) is 1.00. The van der Waals surface area contributed by atoms with Crippen LogP contribution in [0.2, 0.25) is 0 Å². The highest BCUT2D eigenvalue weighted by atomic mass is 16.7. The highest BCUT2D eigenvalue weighted by Gasteiger charge is 0.707. The van der Waals surface area contributed by atoms with E-state index in [1.807, 2.05) is 0 Å². The Kier molecular flexibility index (Phi) is 599. The highest BCUT2D eigenvalue weighted by Crippen LogP contribution is 0.741. The Balaban J connectivity index is -0.00000000167. The van der Waals surface area contributed by atoms with Gasteiger partial charge in [-0.3, -0.25) is 0 Å². The first-order valence-electron chi connectivity index (χ1n) is 0.167. The van der Waals surface area contributed by atoms with Crippen LogP contribution in [0.4, 0.5) is 0 Å². The van der Waals surface area contributed by atoms with E-state index in [2.05, 4.69) is 0 Å². The summed E-state index contributed by atoms with van der Waals surface area (Å²) in [5.74, 6) is 0. The molecule has 0 radical (unpaired) electrons. The van der Waals surface area contributed by atoms with Crippen LogP contribution >= 0.6 is 0 Å². The zero-order valence-electron chi connectivity index (χ0n) is 1.32. The molecular formula is CH8O3. The Bertz CT molecular complexity index is 6.85. The predicted octanol–water partition coefficient (Wildman–Crippen LogP) is 0.124. The lowest BCUT2D eigenvalue weighted by Gasteiger charge is -0.707. The molecule has 0 heterocycles. The van der Waals surface area contributed by atoms with Crippen molar-refractivity contribution in [2.24, 2.45) is 0 Å². The first-order chi connectivity index (χ1) is 1.00. The quantitative estimate of drug-likeness (QED) is 0.404. The summed E-state index contributed by atoms with van der Waals surface area (Å²) in [6.07, 6.45) is 0. The Hall–Kier alpha value is -0.440. The summed E-state index contributed by atoms with van der Waals surface area (Å²) in [4.78, 5) is 14.0. The molecule has 4 heavy (non-hydrogen) atoms. The van der Waals surface area contributed by atoms with Gasteiger partial charge >= 0.3 is 0 Å².